The maximum Gasteiger partial charge on any atom is 0.264 e. The molecule has 0 radical (unpaired) electrons. The zero-order chi connectivity index (χ0) is 17.6. The molecule has 0 aliphatic carbocycles. The van der Waals surface area contributed by atoms with Gasteiger partial charge < -0.3 is 10.1 Å². The number of hydrogen-bond acceptors (Lipinski definition) is 4. The predicted octanol–water partition coefficient (Wildman–Crippen LogP) is 2.30. The molecule has 130 valence electrons. The molecular formula is C17H15FN2O4S. The van der Waals surface area contributed by atoms with Gasteiger partial charge in [-0.05, 0) is 42.7 Å². The van der Waals surface area contributed by atoms with Crippen LogP contribution < -0.4 is 14.4 Å². The largest absolute Gasteiger partial charge is 0.482 e. The number of sulfonamides is 1. The van der Waals surface area contributed by atoms with Crippen molar-refractivity contribution in [1.29, 1.82) is 0 Å². The molecular weight excluding hydrogens is 347 g/mol. The van der Waals surface area contributed by atoms with Crippen LogP contribution in [0.4, 0.5) is 15.8 Å². The smallest absolute Gasteiger partial charge is 0.264 e. The summed E-state index contributed by atoms with van der Waals surface area (Å²) >= 11 is 0. The molecule has 2 aromatic rings. The minimum absolute atomic E-state index is 0.0202. The summed E-state index contributed by atoms with van der Waals surface area (Å²) in [6.45, 7) is 0.0972. The second-order valence-corrected chi connectivity index (χ2v) is 7.79. The number of rotatable bonds is 2. The number of para-hydroxylation sites is 1. The van der Waals surface area contributed by atoms with Crippen molar-refractivity contribution in [3.63, 3.8) is 0 Å². The topological polar surface area (TPSA) is 75.7 Å². The van der Waals surface area contributed by atoms with Crippen LogP contribution in [0.5, 0.6) is 5.75 Å². The van der Waals surface area contributed by atoms with Crippen molar-refractivity contribution >= 4 is 27.3 Å². The van der Waals surface area contributed by atoms with Gasteiger partial charge in [-0.1, -0.05) is 12.1 Å². The average Bonchev–Trinajstić information content (AvgIpc) is 2.61. The molecule has 0 aromatic heterocycles. The highest BCUT2D eigenvalue weighted by atomic mass is 32.2. The van der Waals surface area contributed by atoms with Crippen molar-refractivity contribution in [3.8, 4) is 5.75 Å². The zero-order valence-corrected chi connectivity index (χ0v) is 14.0. The Bertz CT molecular complexity index is 975. The van der Waals surface area contributed by atoms with Gasteiger partial charge >= 0.3 is 0 Å². The van der Waals surface area contributed by atoms with Crippen LogP contribution in [0.1, 0.15) is 12.0 Å². The lowest BCUT2D eigenvalue weighted by Gasteiger charge is -2.31. The maximum absolute atomic E-state index is 14.3. The second kappa shape index (κ2) is 5.73. The van der Waals surface area contributed by atoms with E-state index >= 15 is 0 Å². The van der Waals surface area contributed by atoms with Crippen LogP contribution in [-0.4, -0.2) is 27.5 Å². The van der Waals surface area contributed by atoms with Crippen molar-refractivity contribution in [1.82, 2.24) is 0 Å². The highest BCUT2D eigenvalue weighted by Gasteiger charge is 2.32. The number of nitrogens with zero attached hydrogens (tertiary/aromatic N) is 1. The molecule has 0 spiro atoms. The van der Waals surface area contributed by atoms with E-state index in [9.17, 15) is 17.6 Å². The van der Waals surface area contributed by atoms with Crippen LogP contribution in [0.3, 0.4) is 0 Å². The predicted molar refractivity (Wildman–Crippen MR) is 89.8 cm³/mol. The number of benzene rings is 2. The lowest BCUT2D eigenvalue weighted by molar-refractivity contribution is -0.118. The Hall–Kier alpha value is -2.61. The SMILES string of the molecule is O=C1COc2ccc(S(=O)(=O)N3CCCc4cccc(F)c43)cc2N1. The Morgan fingerprint density at radius 1 is 1.20 bits per heavy atom. The van der Waals surface area contributed by atoms with Crippen LogP contribution in [0.25, 0.3) is 0 Å². The van der Waals surface area contributed by atoms with E-state index in [-0.39, 0.29) is 29.6 Å². The number of aryl methyl sites for hydroxylation is 1. The van der Waals surface area contributed by atoms with E-state index in [2.05, 4.69) is 5.32 Å². The van der Waals surface area contributed by atoms with E-state index < -0.39 is 15.8 Å². The summed E-state index contributed by atoms with van der Waals surface area (Å²) < 4.78 is 46.8. The van der Waals surface area contributed by atoms with Gasteiger partial charge in [0.25, 0.3) is 15.9 Å². The minimum Gasteiger partial charge on any atom is -0.482 e. The van der Waals surface area contributed by atoms with Gasteiger partial charge in [-0.3, -0.25) is 9.10 Å². The standard InChI is InChI=1S/C17H15FN2O4S/c18-13-5-1-3-11-4-2-8-20(17(11)13)25(22,23)12-6-7-15-14(9-12)19-16(21)10-24-15/h1,3,5-7,9H,2,4,8,10H2,(H,19,21). The van der Waals surface area contributed by atoms with E-state index in [4.69, 9.17) is 4.74 Å². The first-order chi connectivity index (χ1) is 12.0. The normalized spacial score (nSPS) is 16.5. The molecule has 2 aliphatic heterocycles. The Kier molecular flexibility index (Phi) is 3.64. The molecule has 1 amide bonds. The fraction of sp³-hybridized carbons (Fsp3) is 0.235. The van der Waals surface area contributed by atoms with E-state index in [0.29, 0.717) is 29.8 Å². The summed E-state index contributed by atoms with van der Waals surface area (Å²) in [4.78, 5) is 11.4. The number of amides is 1. The van der Waals surface area contributed by atoms with Gasteiger partial charge in [-0.2, -0.15) is 0 Å². The van der Waals surface area contributed by atoms with Gasteiger partial charge in [0.15, 0.2) is 6.61 Å². The number of carbonyl (C=O) groups is 1. The molecule has 1 N–H and O–H groups in total. The molecule has 2 aromatic carbocycles. The molecule has 0 saturated carbocycles. The number of anilines is 2. The molecule has 0 saturated heterocycles. The first kappa shape index (κ1) is 15.9. The van der Waals surface area contributed by atoms with Crippen molar-refractivity contribution in [2.75, 3.05) is 22.8 Å². The zero-order valence-electron chi connectivity index (χ0n) is 13.2. The Morgan fingerprint density at radius 3 is 2.88 bits per heavy atom. The third-order valence-corrected chi connectivity index (χ3v) is 6.09. The third-order valence-electron chi connectivity index (χ3n) is 4.30. The van der Waals surface area contributed by atoms with Crippen LogP contribution >= 0.6 is 0 Å². The lowest BCUT2D eigenvalue weighted by atomic mass is 10.0. The Balaban J connectivity index is 1.79. The average molecular weight is 362 g/mol. The van der Waals surface area contributed by atoms with Crippen molar-refractivity contribution < 1.29 is 22.3 Å². The maximum atomic E-state index is 14.3. The fourth-order valence-corrected chi connectivity index (χ4v) is 4.73. The summed E-state index contributed by atoms with van der Waals surface area (Å²) in [6.07, 6.45) is 1.24. The number of nitrogens with one attached hydrogen (secondary N) is 1. The summed E-state index contributed by atoms with van der Waals surface area (Å²) in [5.41, 5.74) is 1.07. The molecule has 0 bridgehead atoms. The summed E-state index contributed by atoms with van der Waals surface area (Å²) in [5.74, 6) is -0.504. The van der Waals surface area contributed by atoms with Crippen LogP contribution in [0.2, 0.25) is 0 Å². The summed E-state index contributed by atoms with van der Waals surface area (Å²) in [7, 11) is -3.96. The molecule has 0 fully saturated rings. The van der Waals surface area contributed by atoms with E-state index in [1.807, 2.05) is 0 Å². The number of carbonyl (C=O) groups excluding carboxylic acids is 1. The molecule has 6 nitrogen and oxygen atoms in total. The number of ether oxygens (including phenoxy) is 1. The van der Waals surface area contributed by atoms with E-state index in [0.717, 1.165) is 4.31 Å². The van der Waals surface area contributed by atoms with Crippen molar-refractivity contribution in [2.24, 2.45) is 0 Å². The van der Waals surface area contributed by atoms with Crippen LogP contribution in [-0.2, 0) is 21.2 Å². The molecule has 25 heavy (non-hydrogen) atoms. The summed E-state index contributed by atoms with van der Waals surface area (Å²) in [5, 5.41) is 2.58. The summed E-state index contributed by atoms with van der Waals surface area (Å²) in [6, 6.07) is 8.82. The monoisotopic (exact) mass is 362 g/mol. The quantitative estimate of drug-likeness (QED) is 0.889. The van der Waals surface area contributed by atoms with Crippen molar-refractivity contribution in [3.05, 3.63) is 47.8 Å². The second-order valence-electron chi connectivity index (χ2n) is 5.92. The van der Waals surface area contributed by atoms with Gasteiger partial charge in [0, 0.05) is 6.54 Å². The Labute approximate surface area is 144 Å². The highest BCUT2D eigenvalue weighted by molar-refractivity contribution is 7.92. The number of hydrogen-bond donors (Lipinski definition) is 1. The van der Waals surface area contributed by atoms with E-state index in [1.54, 1.807) is 12.1 Å². The molecule has 2 heterocycles. The molecule has 0 unspecified atom stereocenters. The molecule has 4 rings (SSSR count). The number of fused-ring (bicyclic) bond motifs is 2. The van der Waals surface area contributed by atoms with Gasteiger partial charge in [-0.25, -0.2) is 12.8 Å². The van der Waals surface area contributed by atoms with Crippen LogP contribution in [0, 0.1) is 5.82 Å². The molecule has 0 atom stereocenters. The fourth-order valence-electron chi connectivity index (χ4n) is 3.16. The lowest BCUT2D eigenvalue weighted by Crippen LogP contribution is -2.36. The van der Waals surface area contributed by atoms with Gasteiger partial charge in [0.05, 0.1) is 16.3 Å². The minimum atomic E-state index is -3.96. The first-order valence-corrected chi connectivity index (χ1v) is 9.27. The Morgan fingerprint density at radius 2 is 2.04 bits per heavy atom. The molecule has 2 aliphatic rings. The first-order valence-electron chi connectivity index (χ1n) is 7.83. The van der Waals surface area contributed by atoms with Crippen LogP contribution in [0.15, 0.2) is 41.3 Å². The molecule has 8 heteroatoms. The highest BCUT2D eigenvalue weighted by Crippen LogP contribution is 2.36. The van der Waals surface area contributed by atoms with Crippen molar-refractivity contribution in [2.45, 2.75) is 17.7 Å². The van der Waals surface area contributed by atoms with Gasteiger partial charge in [0.1, 0.15) is 11.6 Å². The van der Waals surface area contributed by atoms with Gasteiger partial charge in [-0.15, -0.1) is 0 Å². The van der Waals surface area contributed by atoms with E-state index in [1.165, 1.54) is 24.3 Å². The van der Waals surface area contributed by atoms with Gasteiger partial charge in [0.2, 0.25) is 0 Å². The number of halogens is 1. The third kappa shape index (κ3) is 2.62.